The van der Waals surface area contributed by atoms with Crippen LogP contribution in [0.15, 0.2) is 6.33 Å². The molecule has 15 heavy (non-hydrogen) atoms. The van der Waals surface area contributed by atoms with E-state index >= 15 is 0 Å². The maximum absolute atomic E-state index is 10.3. The fraction of sp³-hybridized carbons (Fsp3) is 0.667. The average molecular weight is 212 g/mol. The van der Waals surface area contributed by atoms with Gasteiger partial charge in [0.2, 0.25) is 0 Å². The monoisotopic (exact) mass is 212 g/mol. The van der Waals surface area contributed by atoms with E-state index in [4.69, 9.17) is 5.11 Å². The van der Waals surface area contributed by atoms with E-state index in [1.54, 1.807) is 0 Å². The molecular weight excluding hydrogens is 196 g/mol. The molecule has 0 fully saturated rings. The summed E-state index contributed by atoms with van der Waals surface area (Å²) in [5.74, 6) is 0.0308. The van der Waals surface area contributed by atoms with Crippen molar-refractivity contribution in [1.29, 1.82) is 0 Å². The fourth-order valence-corrected chi connectivity index (χ4v) is 1.23. The van der Waals surface area contributed by atoms with Gasteiger partial charge in [0.25, 0.3) is 0 Å². The van der Waals surface area contributed by atoms with Crippen molar-refractivity contribution in [2.75, 3.05) is 6.54 Å². The average Bonchev–Trinajstić information content (AvgIpc) is 2.60. The molecule has 1 heterocycles. The summed E-state index contributed by atoms with van der Waals surface area (Å²) in [6.07, 6.45) is 1.63. The molecular formula is C9H16N4O2. The lowest BCUT2D eigenvalue weighted by Crippen LogP contribution is -2.21. The molecule has 0 saturated carbocycles. The lowest BCUT2D eigenvalue weighted by Gasteiger charge is -2.09. The third kappa shape index (κ3) is 3.67. The summed E-state index contributed by atoms with van der Waals surface area (Å²) in [7, 11) is 0. The lowest BCUT2D eigenvalue weighted by atomic mass is 10.4. The molecule has 0 atom stereocenters. The van der Waals surface area contributed by atoms with Crippen molar-refractivity contribution in [2.45, 2.75) is 32.9 Å². The fourth-order valence-electron chi connectivity index (χ4n) is 1.23. The highest BCUT2D eigenvalue weighted by atomic mass is 16.4. The number of hydrogen-bond acceptors (Lipinski definition) is 4. The van der Waals surface area contributed by atoms with Gasteiger partial charge >= 0.3 is 5.97 Å². The maximum Gasteiger partial charge on any atom is 0.304 e. The van der Waals surface area contributed by atoms with Crippen LogP contribution in [0.1, 0.15) is 32.1 Å². The number of hydrogen-bond donors (Lipinski definition) is 2. The van der Waals surface area contributed by atoms with Crippen LogP contribution in [0.4, 0.5) is 0 Å². The largest absolute Gasteiger partial charge is 0.481 e. The van der Waals surface area contributed by atoms with Crippen LogP contribution in [0.3, 0.4) is 0 Å². The van der Waals surface area contributed by atoms with Crippen molar-refractivity contribution in [3.63, 3.8) is 0 Å². The lowest BCUT2D eigenvalue weighted by molar-refractivity contribution is -0.136. The van der Waals surface area contributed by atoms with Crippen molar-refractivity contribution in [1.82, 2.24) is 20.1 Å². The third-order valence-electron chi connectivity index (χ3n) is 1.94. The van der Waals surface area contributed by atoms with Crippen LogP contribution in [0, 0.1) is 0 Å². The van der Waals surface area contributed by atoms with Crippen molar-refractivity contribution < 1.29 is 9.90 Å². The molecule has 0 spiro atoms. The normalized spacial score (nSPS) is 10.9. The van der Waals surface area contributed by atoms with E-state index in [0.29, 0.717) is 13.1 Å². The summed E-state index contributed by atoms with van der Waals surface area (Å²) in [6, 6.07) is 0.267. The summed E-state index contributed by atoms with van der Waals surface area (Å²) >= 11 is 0. The van der Waals surface area contributed by atoms with Gasteiger partial charge in [-0.05, 0) is 13.8 Å². The summed E-state index contributed by atoms with van der Waals surface area (Å²) in [4.78, 5) is 14.4. The standard InChI is InChI=1S/C9H16N4O2/c1-7(2)13-8(11-6-12-13)5-10-4-3-9(14)15/h6-7,10H,3-5H2,1-2H3,(H,14,15). The minimum Gasteiger partial charge on any atom is -0.481 e. The van der Waals surface area contributed by atoms with Crippen LogP contribution in [-0.4, -0.2) is 32.4 Å². The summed E-state index contributed by atoms with van der Waals surface area (Å²) in [6.45, 7) is 5.04. The highest BCUT2D eigenvalue weighted by Crippen LogP contribution is 2.04. The van der Waals surface area contributed by atoms with Gasteiger partial charge in [-0.1, -0.05) is 0 Å². The number of aliphatic carboxylic acids is 1. The number of aromatic nitrogens is 3. The molecule has 0 aliphatic rings. The number of nitrogens with one attached hydrogen (secondary N) is 1. The topological polar surface area (TPSA) is 80.0 Å². The first-order valence-corrected chi connectivity index (χ1v) is 4.92. The number of carbonyl (C=O) groups is 1. The maximum atomic E-state index is 10.3. The Morgan fingerprint density at radius 2 is 2.40 bits per heavy atom. The number of rotatable bonds is 6. The molecule has 0 bridgehead atoms. The predicted octanol–water partition coefficient (Wildman–Crippen LogP) is 0.423. The molecule has 0 saturated heterocycles. The van der Waals surface area contributed by atoms with Gasteiger partial charge in [-0.15, -0.1) is 0 Å². The molecule has 2 N–H and O–H groups in total. The molecule has 6 nitrogen and oxygen atoms in total. The van der Waals surface area contributed by atoms with Crippen LogP contribution in [-0.2, 0) is 11.3 Å². The zero-order valence-electron chi connectivity index (χ0n) is 8.97. The molecule has 1 aromatic rings. The van der Waals surface area contributed by atoms with Gasteiger partial charge in [0.15, 0.2) is 0 Å². The van der Waals surface area contributed by atoms with Gasteiger partial charge in [-0.2, -0.15) is 5.10 Å². The van der Waals surface area contributed by atoms with E-state index in [-0.39, 0.29) is 12.5 Å². The Labute approximate surface area is 88.3 Å². The minimum atomic E-state index is -0.798. The molecule has 6 heteroatoms. The first-order chi connectivity index (χ1) is 7.11. The Morgan fingerprint density at radius 3 is 3.00 bits per heavy atom. The van der Waals surface area contributed by atoms with E-state index in [0.717, 1.165) is 5.82 Å². The third-order valence-corrected chi connectivity index (χ3v) is 1.94. The Balaban J connectivity index is 2.37. The molecule has 0 aliphatic heterocycles. The van der Waals surface area contributed by atoms with Gasteiger partial charge in [-0.3, -0.25) is 4.79 Å². The summed E-state index contributed by atoms with van der Waals surface area (Å²) in [5, 5.41) is 15.5. The highest BCUT2D eigenvalue weighted by molar-refractivity contribution is 5.66. The second-order valence-corrected chi connectivity index (χ2v) is 3.54. The number of carboxylic acids is 1. The Kier molecular flexibility index (Phi) is 4.23. The minimum absolute atomic E-state index is 0.121. The van der Waals surface area contributed by atoms with Crippen LogP contribution in [0.5, 0.6) is 0 Å². The van der Waals surface area contributed by atoms with Gasteiger partial charge in [0.1, 0.15) is 12.2 Å². The van der Waals surface area contributed by atoms with Gasteiger partial charge < -0.3 is 10.4 Å². The van der Waals surface area contributed by atoms with Crippen molar-refractivity contribution in [3.8, 4) is 0 Å². The molecule has 84 valence electrons. The van der Waals surface area contributed by atoms with Gasteiger partial charge in [-0.25, -0.2) is 9.67 Å². The molecule has 0 aliphatic carbocycles. The smallest absolute Gasteiger partial charge is 0.304 e. The molecule has 0 amide bonds. The van der Waals surface area contributed by atoms with E-state index < -0.39 is 5.97 Å². The van der Waals surface area contributed by atoms with Gasteiger partial charge in [0.05, 0.1) is 13.0 Å². The zero-order chi connectivity index (χ0) is 11.3. The van der Waals surface area contributed by atoms with Crippen LogP contribution >= 0.6 is 0 Å². The first kappa shape index (κ1) is 11.6. The molecule has 0 aromatic carbocycles. The summed E-state index contributed by atoms with van der Waals surface area (Å²) < 4.78 is 1.81. The zero-order valence-corrected chi connectivity index (χ0v) is 8.97. The van der Waals surface area contributed by atoms with E-state index in [9.17, 15) is 4.79 Å². The number of nitrogens with zero attached hydrogens (tertiary/aromatic N) is 3. The van der Waals surface area contributed by atoms with E-state index in [1.807, 2.05) is 18.5 Å². The molecule has 0 unspecified atom stereocenters. The van der Waals surface area contributed by atoms with Crippen LogP contribution < -0.4 is 5.32 Å². The molecule has 0 radical (unpaired) electrons. The van der Waals surface area contributed by atoms with E-state index in [1.165, 1.54) is 6.33 Å². The van der Waals surface area contributed by atoms with E-state index in [2.05, 4.69) is 15.4 Å². The Morgan fingerprint density at radius 1 is 1.67 bits per heavy atom. The molecule has 1 rings (SSSR count). The highest BCUT2D eigenvalue weighted by Gasteiger charge is 2.06. The van der Waals surface area contributed by atoms with Crippen molar-refractivity contribution in [3.05, 3.63) is 12.2 Å². The second kappa shape index (κ2) is 5.45. The number of carboxylic acid groups (broad SMARTS) is 1. The van der Waals surface area contributed by atoms with Gasteiger partial charge in [0, 0.05) is 12.6 Å². The quantitative estimate of drug-likeness (QED) is 0.668. The molecule has 1 aromatic heterocycles. The predicted molar refractivity (Wildman–Crippen MR) is 54.4 cm³/mol. The van der Waals surface area contributed by atoms with Crippen LogP contribution in [0.2, 0.25) is 0 Å². The second-order valence-electron chi connectivity index (χ2n) is 3.54. The summed E-state index contributed by atoms with van der Waals surface area (Å²) in [5.41, 5.74) is 0. The van der Waals surface area contributed by atoms with Crippen LogP contribution in [0.25, 0.3) is 0 Å². The SMILES string of the molecule is CC(C)n1ncnc1CNCCC(=O)O. The van der Waals surface area contributed by atoms with Crippen molar-refractivity contribution in [2.24, 2.45) is 0 Å². The Hall–Kier alpha value is -1.43. The first-order valence-electron chi connectivity index (χ1n) is 4.92. The van der Waals surface area contributed by atoms with Crippen molar-refractivity contribution >= 4 is 5.97 Å². The Bertz CT molecular complexity index is 322.